The summed E-state index contributed by atoms with van der Waals surface area (Å²) in [7, 11) is -3.48. The lowest BCUT2D eigenvalue weighted by atomic mass is 10.2. The molecule has 2 rings (SSSR count). The van der Waals surface area contributed by atoms with Crippen LogP contribution in [0.5, 0.6) is 0 Å². The van der Waals surface area contributed by atoms with E-state index in [1.165, 1.54) is 4.31 Å². The van der Waals surface area contributed by atoms with Gasteiger partial charge in [-0.15, -0.1) is 0 Å². The van der Waals surface area contributed by atoms with E-state index in [-0.39, 0.29) is 11.9 Å². The lowest BCUT2D eigenvalue weighted by Crippen LogP contribution is -2.37. The number of hydrogen-bond acceptors (Lipinski definition) is 4. The molecule has 1 aliphatic rings. The molecule has 6 nitrogen and oxygen atoms in total. The molecule has 1 saturated heterocycles. The van der Waals surface area contributed by atoms with Gasteiger partial charge >= 0.3 is 0 Å². The second-order valence-corrected chi connectivity index (χ2v) is 7.91. The molecule has 128 valence electrons. The van der Waals surface area contributed by atoms with E-state index in [4.69, 9.17) is 5.73 Å². The average molecular weight is 339 g/mol. The molecule has 0 spiro atoms. The second-order valence-electron chi connectivity index (χ2n) is 5.97. The summed E-state index contributed by atoms with van der Waals surface area (Å²) < 4.78 is 26.7. The van der Waals surface area contributed by atoms with Gasteiger partial charge in [-0.1, -0.05) is 18.2 Å². The number of amides is 1. The van der Waals surface area contributed by atoms with Crippen molar-refractivity contribution in [1.29, 1.82) is 0 Å². The third kappa shape index (κ3) is 4.76. The molecule has 7 heteroatoms. The Kier molecular flexibility index (Phi) is 6.15. The summed E-state index contributed by atoms with van der Waals surface area (Å²) >= 11 is 0. The predicted octanol–water partition coefficient (Wildman–Crippen LogP) is 1.04. The monoisotopic (exact) mass is 339 g/mol. The highest BCUT2D eigenvalue weighted by Gasteiger charge is 2.27. The summed E-state index contributed by atoms with van der Waals surface area (Å²) in [4.78, 5) is 14.2. The molecule has 1 aliphatic heterocycles. The average Bonchev–Trinajstić information content (AvgIpc) is 2.80. The van der Waals surface area contributed by atoms with Gasteiger partial charge in [-0.25, -0.2) is 8.42 Å². The minimum atomic E-state index is -3.48. The van der Waals surface area contributed by atoms with Crippen molar-refractivity contribution >= 4 is 15.9 Å². The highest BCUT2D eigenvalue weighted by Crippen LogP contribution is 2.17. The smallest absolute Gasteiger partial charge is 0.243 e. The van der Waals surface area contributed by atoms with Crippen LogP contribution >= 0.6 is 0 Å². The number of nitrogens with zero attached hydrogens (tertiary/aromatic N) is 2. The van der Waals surface area contributed by atoms with E-state index in [0.29, 0.717) is 50.3 Å². The van der Waals surface area contributed by atoms with E-state index in [1.54, 1.807) is 35.2 Å². The van der Waals surface area contributed by atoms with Gasteiger partial charge < -0.3 is 10.6 Å². The largest absolute Gasteiger partial charge is 0.341 e. The number of nitrogens with two attached hydrogens (primary N) is 1. The Labute approximate surface area is 138 Å². The first-order chi connectivity index (χ1) is 10.9. The van der Waals surface area contributed by atoms with E-state index in [0.717, 1.165) is 0 Å². The normalized spacial score (nSPS) is 18.4. The minimum absolute atomic E-state index is 0.000819. The summed E-state index contributed by atoms with van der Waals surface area (Å²) in [5, 5.41) is 0. The van der Waals surface area contributed by atoms with Crippen molar-refractivity contribution < 1.29 is 13.2 Å². The molecule has 0 aromatic heterocycles. The predicted molar refractivity (Wildman–Crippen MR) is 89.3 cm³/mol. The van der Waals surface area contributed by atoms with Crippen LogP contribution < -0.4 is 5.73 Å². The standard InChI is InChI=1S/C16H25N3O3S/c1-14(17)8-9-16(20)18-10-5-11-19(13-12-18)23(21,22)15-6-3-2-4-7-15/h2-4,6-7,14H,5,8-13,17H2,1H3. The molecule has 0 radical (unpaired) electrons. The molecule has 1 atom stereocenters. The van der Waals surface area contributed by atoms with E-state index in [2.05, 4.69) is 0 Å². The zero-order chi connectivity index (χ0) is 16.9. The van der Waals surface area contributed by atoms with Crippen LogP contribution in [0.1, 0.15) is 26.2 Å². The summed E-state index contributed by atoms with van der Waals surface area (Å²) in [6.45, 7) is 3.68. The van der Waals surface area contributed by atoms with Gasteiger partial charge in [0.15, 0.2) is 0 Å². The maximum absolute atomic E-state index is 12.6. The number of benzene rings is 1. The first kappa shape index (κ1) is 17.9. The Morgan fingerprint density at radius 3 is 2.52 bits per heavy atom. The van der Waals surface area contributed by atoms with Gasteiger partial charge in [0.2, 0.25) is 15.9 Å². The lowest BCUT2D eigenvalue weighted by molar-refractivity contribution is -0.131. The Hall–Kier alpha value is -1.44. The fourth-order valence-corrected chi connectivity index (χ4v) is 4.13. The number of hydrogen-bond donors (Lipinski definition) is 1. The molecule has 0 saturated carbocycles. The fourth-order valence-electron chi connectivity index (χ4n) is 2.63. The minimum Gasteiger partial charge on any atom is -0.341 e. The molecule has 0 bridgehead atoms. The van der Waals surface area contributed by atoms with Crippen LogP contribution in [-0.4, -0.2) is 55.8 Å². The van der Waals surface area contributed by atoms with Crippen molar-refractivity contribution in [2.45, 2.75) is 37.1 Å². The number of sulfonamides is 1. The summed E-state index contributed by atoms with van der Waals surface area (Å²) in [5.41, 5.74) is 5.69. The van der Waals surface area contributed by atoms with Crippen molar-refractivity contribution in [2.24, 2.45) is 5.73 Å². The Morgan fingerprint density at radius 1 is 1.17 bits per heavy atom. The second kappa shape index (κ2) is 7.90. The Morgan fingerprint density at radius 2 is 1.87 bits per heavy atom. The van der Waals surface area contributed by atoms with Crippen molar-refractivity contribution in [2.75, 3.05) is 26.2 Å². The molecule has 23 heavy (non-hydrogen) atoms. The molecule has 1 aromatic rings. The fraction of sp³-hybridized carbons (Fsp3) is 0.562. The lowest BCUT2D eigenvalue weighted by Gasteiger charge is -2.22. The van der Waals surface area contributed by atoms with Crippen LogP contribution in [0.25, 0.3) is 0 Å². The molecule has 1 aromatic carbocycles. The molecular formula is C16H25N3O3S. The van der Waals surface area contributed by atoms with Crippen LogP contribution in [0.4, 0.5) is 0 Å². The molecular weight excluding hydrogens is 314 g/mol. The third-order valence-electron chi connectivity index (χ3n) is 4.00. The van der Waals surface area contributed by atoms with Crippen molar-refractivity contribution in [3.8, 4) is 0 Å². The Bertz CT molecular complexity index is 617. The van der Waals surface area contributed by atoms with Gasteiger partial charge in [0.05, 0.1) is 4.90 Å². The molecule has 1 amide bonds. The summed E-state index contributed by atoms with van der Waals surface area (Å²) in [5.74, 6) is 0.0567. The van der Waals surface area contributed by atoms with Crippen LogP contribution in [0, 0.1) is 0 Å². The zero-order valence-corrected chi connectivity index (χ0v) is 14.3. The number of carbonyl (C=O) groups excluding carboxylic acids is 1. The third-order valence-corrected chi connectivity index (χ3v) is 5.91. The quantitative estimate of drug-likeness (QED) is 0.869. The van der Waals surface area contributed by atoms with Gasteiger partial charge in [-0.2, -0.15) is 4.31 Å². The van der Waals surface area contributed by atoms with E-state index < -0.39 is 10.0 Å². The highest BCUT2D eigenvalue weighted by molar-refractivity contribution is 7.89. The maximum atomic E-state index is 12.6. The van der Waals surface area contributed by atoms with Gasteiger partial charge in [-0.3, -0.25) is 4.79 Å². The molecule has 1 fully saturated rings. The molecule has 0 aliphatic carbocycles. The first-order valence-corrected chi connectivity index (χ1v) is 9.44. The topological polar surface area (TPSA) is 83.7 Å². The van der Waals surface area contributed by atoms with Gasteiger partial charge in [0.25, 0.3) is 0 Å². The number of rotatable bonds is 5. The maximum Gasteiger partial charge on any atom is 0.243 e. The van der Waals surface area contributed by atoms with Crippen molar-refractivity contribution in [1.82, 2.24) is 9.21 Å². The van der Waals surface area contributed by atoms with E-state index in [1.807, 2.05) is 6.92 Å². The zero-order valence-electron chi connectivity index (χ0n) is 13.5. The van der Waals surface area contributed by atoms with Gasteiger partial charge in [-0.05, 0) is 31.9 Å². The van der Waals surface area contributed by atoms with Gasteiger partial charge in [0.1, 0.15) is 0 Å². The first-order valence-electron chi connectivity index (χ1n) is 8.00. The molecule has 1 heterocycles. The van der Waals surface area contributed by atoms with Crippen LogP contribution in [0.15, 0.2) is 35.2 Å². The summed E-state index contributed by atoms with van der Waals surface area (Å²) in [6.07, 6.45) is 1.72. The van der Waals surface area contributed by atoms with Gasteiger partial charge in [0, 0.05) is 38.6 Å². The highest BCUT2D eigenvalue weighted by atomic mass is 32.2. The molecule has 1 unspecified atom stereocenters. The Balaban J connectivity index is 2.00. The van der Waals surface area contributed by atoms with E-state index >= 15 is 0 Å². The van der Waals surface area contributed by atoms with Crippen molar-refractivity contribution in [3.63, 3.8) is 0 Å². The van der Waals surface area contributed by atoms with E-state index in [9.17, 15) is 13.2 Å². The SMILES string of the molecule is CC(N)CCC(=O)N1CCCN(S(=O)(=O)c2ccccc2)CC1. The summed E-state index contributed by atoms with van der Waals surface area (Å²) in [6, 6.07) is 8.43. The van der Waals surface area contributed by atoms with Crippen LogP contribution in [0.2, 0.25) is 0 Å². The molecule has 2 N–H and O–H groups in total. The number of carbonyl (C=O) groups is 1. The van der Waals surface area contributed by atoms with Crippen LogP contribution in [-0.2, 0) is 14.8 Å². The van der Waals surface area contributed by atoms with Crippen LogP contribution in [0.3, 0.4) is 0 Å². The van der Waals surface area contributed by atoms with Crippen molar-refractivity contribution in [3.05, 3.63) is 30.3 Å².